The molecule has 1 N–H and O–H groups in total. The molecule has 2 aromatic rings. The number of hydrogen-bond donors (Lipinski definition) is 1. The maximum Gasteiger partial charge on any atom is 0.126 e. The van der Waals surface area contributed by atoms with Crippen molar-refractivity contribution in [1.29, 1.82) is 0 Å². The van der Waals surface area contributed by atoms with Gasteiger partial charge in [-0.15, -0.1) is 11.3 Å². The fourth-order valence-electron chi connectivity index (χ4n) is 2.19. The predicted molar refractivity (Wildman–Crippen MR) is 82.7 cm³/mol. The summed E-state index contributed by atoms with van der Waals surface area (Å²) >= 11 is 1.62. The second-order valence-corrected chi connectivity index (χ2v) is 6.47. The minimum atomic E-state index is -0.543. The molecule has 0 atom stereocenters. The normalized spacial score (nSPS) is 11.3. The summed E-state index contributed by atoms with van der Waals surface area (Å²) in [4.78, 5) is 5.86. The topological polar surface area (TPSA) is 24.9 Å². The molecule has 0 amide bonds. The van der Waals surface area contributed by atoms with Crippen molar-refractivity contribution < 1.29 is 8.78 Å². The van der Waals surface area contributed by atoms with Crippen LogP contribution in [-0.4, -0.2) is 11.5 Å². The molecule has 2 rings (SSSR count). The molecule has 0 saturated heterocycles. The molecule has 0 spiro atoms. The minimum absolute atomic E-state index is 0.341. The number of rotatable bonds is 6. The Labute approximate surface area is 128 Å². The van der Waals surface area contributed by atoms with Gasteiger partial charge in [0.2, 0.25) is 0 Å². The fraction of sp³-hybridized carbons (Fsp3) is 0.438. The van der Waals surface area contributed by atoms with Crippen molar-refractivity contribution in [2.24, 2.45) is 0 Å². The van der Waals surface area contributed by atoms with E-state index in [2.05, 4.69) is 31.1 Å². The first-order valence-corrected chi connectivity index (χ1v) is 7.95. The Morgan fingerprint density at radius 1 is 1.19 bits per heavy atom. The monoisotopic (exact) mass is 310 g/mol. The molecule has 0 aliphatic carbocycles. The molecule has 0 aliphatic rings. The van der Waals surface area contributed by atoms with Gasteiger partial charge in [0.05, 0.1) is 10.7 Å². The highest BCUT2D eigenvalue weighted by atomic mass is 32.1. The minimum Gasteiger partial charge on any atom is -0.312 e. The highest BCUT2D eigenvalue weighted by Gasteiger charge is 2.14. The van der Waals surface area contributed by atoms with Crippen LogP contribution in [0.4, 0.5) is 8.78 Å². The van der Waals surface area contributed by atoms with E-state index in [1.54, 1.807) is 11.3 Å². The highest BCUT2D eigenvalue weighted by Crippen LogP contribution is 2.27. The summed E-state index contributed by atoms with van der Waals surface area (Å²) in [5, 5.41) is 4.21. The van der Waals surface area contributed by atoms with Crippen LogP contribution < -0.4 is 5.32 Å². The van der Waals surface area contributed by atoms with Crippen LogP contribution in [0.2, 0.25) is 0 Å². The first kappa shape index (κ1) is 16.0. The lowest BCUT2D eigenvalue weighted by molar-refractivity contribution is 0.580. The fourth-order valence-corrected chi connectivity index (χ4v) is 3.42. The first-order chi connectivity index (χ1) is 9.99. The number of benzene rings is 1. The zero-order chi connectivity index (χ0) is 15.4. The van der Waals surface area contributed by atoms with E-state index in [1.165, 1.54) is 17.0 Å². The number of nitrogens with one attached hydrogen (secondary N) is 1. The second kappa shape index (κ2) is 7.09. The Morgan fingerprint density at radius 2 is 1.86 bits per heavy atom. The van der Waals surface area contributed by atoms with E-state index in [0.717, 1.165) is 29.9 Å². The van der Waals surface area contributed by atoms with Gasteiger partial charge in [0, 0.05) is 23.9 Å². The summed E-state index contributed by atoms with van der Waals surface area (Å²) in [6.07, 6.45) is 0.463. The molecule has 0 saturated carbocycles. The molecule has 0 aliphatic heterocycles. The zero-order valence-corrected chi connectivity index (χ0v) is 13.4. The van der Waals surface area contributed by atoms with Gasteiger partial charge in [-0.05, 0) is 30.2 Å². The molecular weight excluding hydrogens is 290 g/mol. The molecule has 1 aromatic heterocycles. The van der Waals surface area contributed by atoms with Crippen LogP contribution in [0.25, 0.3) is 0 Å². The SMILES string of the molecule is CCNCc1sc(Cc2cc(F)cc(F)c2)nc1C(C)C. The Kier molecular flexibility index (Phi) is 5.42. The quantitative estimate of drug-likeness (QED) is 0.863. The van der Waals surface area contributed by atoms with E-state index < -0.39 is 11.6 Å². The van der Waals surface area contributed by atoms with Gasteiger partial charge >= 0.3 is 0 Å². The summed E-state index contributed by atoms with van der Waals surface area (Å²) in [5.41, 5.74) is 1.69. The Morgan fingerprint density at radius 3 is 2.43 bits per heavy atom. The molecule has 0 bridgehead atoms. The Hall–Kier alpha value is -1.33. The standard InChI is InChI=1S/C16H20F2N2S/c1-4-19-9-14-16(10(2)3)20-15(21-14)7-11-5-12(17)8-13(18)6-11/h5-6,8,10,19H,4,7,9H2,1-3H3. The average molecular weight is 310 g/mol. The summed E-state index contributed by atoms with van der Waals surface area (Å²) in [6.45, 7) is 7.97. The van der Waals surface area contributed by atoms with Gasteiger partial charge in [0.15, 0.2) is 0 Å². The average Bonchev–Trinajstić information content (AvgIpc) is 2.78. The van der Waals surface area contributed by atoms with Crippen molar-refractivity contribution in [3.63, 3.8) is 0 Å². The van der Waals surface area contributed by atoms with Crippen molar-refractivity contribution >= 4 is 11.3 Å². The van der Waals surface area contributed by atoms with Crippen LogP contribution in [0.1, 0.15) is 47.8 Å². The molecule has 1 heterocycles. The molecular formula is C16H20F2N2S. The largest absolute Gasteiger partial charge is 0.312 e. The number of aromatic nitrogens is 1. The van der Waals surface area contributed by atoms with Gasteiger partial charge in [0.25, 0.3) is 0 Å². The Balaban J connectivity index is 2.23. The molecule has 2 nitrogen and oxygen atoms in total. The summed E-state index contributed by atoms with van der Waals surface area (Å²) in [7, 11) is 0. The molecule has 5 heteroatoms. The molecule has 21 heavy (non-hydrogen) atoms. The van der Waals surface area contributed by atoms with Gasteiger partial charge in [0.1, 0.15) is 11.6 Å². The Bertz CT molecular complexity index is 588. The van der Waals surface area contributed by atoms with Gasteiger partial charge in [-0.1, -0.05) is 20.8 Å². The van der Waals surface area contributed by atoms with Crippen LogP contribution in [-0.2, 0) is 13.0 Å². The summed E-state index contributed by atoms with van der Waals surface area (Å²) < 4.78 is 26.5. The van der Waals surface area contributed by atoms with Crippen LogP contribution in [0, 0.1) is 11.6 Å². The smallest absolute Gasteiger partial charge is 0.126 e. The van der Waals surface area contributed by atoms with Crippen molar-refractivity contribution in [3.05, 3.63) is 51.0 Å². The molecule has 114 valence electrons. The van der Waals surface area contributed by atoms with Gasteiger partial charge in [-0.2, -0.15) is 0 Å². The van der Waals surface area contributed by atoms with E-state index in [0.29, 0.717) is 17.9 Å². The zero-order valence-electron chi connectivity index (χ0n) is 12.5. The highest BCUT2D eigenvalue weighted by molar-refractivity contribution is 7.11. The lowest BCUT2D eigenvalue weighted by Gasteiger charge is -2.04. The van der Waals surface area contributed by atoms with E-state index in [-0.39, 0.29) is 0 Å². The third-order valence-electron chi connectivity index (χ3n) is 3.13. The van der Waals surface area contributed by atoms with Gasteiger partial charge in [-0.25, -0.2) is 13.8 Å². The van der Waals surface area contributed by atoms with Crippen molar-refractivity contribution in [1.82, 2.24) is 10.3 Å². The number of hydrogen-bond acceptors (Lipinski definition) is 3. The molecule has 0 fully saturated rings. The predicted octanol–water partition coefficient (Wildman–Crippen LogP) is 4.25. The maximum absolute atomic E-state index is 13.2. The number of thiazole rings is 1. The van der Waals surface area contributed by atoms with Gasteiger partial charge < -0.3 is 5.32 Å². The maximum atomic E-state index is 13.2. The van der Waals surface area contributed by atoms with Crippen molar-refractivity contribution in [2.75, 3.05) is 6.54 Å². The van der Waals surface area contributed by atoms with Gasteiger partial charge in [-0.3, -0.25) is 0 Å². The van der Waals surface area contributed by atoms with E-state index in [4.69, 9.17) is 0 Å². The van der Waals surface area contributed by atoms with Crippen molar-refractivity contribution in [2.45, 2.75) is 39.7 Å². The number of nitrogens with zero attached hydrogens (tertiary/aromatic N) is 1. The van der Waals surface area contributed by atoms with E-state index in [1.807, 2.05) is 0 Å². The summed E-state index contributed by atoms with van der Waals surface area (Å²) in [6, 6.07) is 3.62. The van der Waals surface area contributed by atoms with E-state index in [9.17, 15) is 8.78 Å². The van der Waals surface area contributed by atoms with Crippen LogP contribution in [0.15, 0.2) is 18.2 Å². The molecule has 0 radical (unpaired) electrons. The van der Waals surface area contributed by atoms with Crippen LogP contribution in [0.5, 0.6) is 0 Å². The molecule has 0 unspecified atom stereocenters. The number of halogens is 2. The van der Waals surface area contributed by atoms with Crippen LogP contribution >= 0.6 is 11.3 Å². The second-order valence-electron chi connectivity index (χ2n) is 5.31. The van der Waals surface area contributed by atoms with Crippen LogP contribution in [0.3, 0.4) is 0 Å². The summed E-state index contributed by atoms with van der Waals surface area (Å²) in [5.74, 6) is -0.745. The molecule has 1 aromatic carbocycles. The lowest BCUT2D eigenvalue weighted by Crippen LogP contribution is -2.12. The lowest BCUT2D eigenvalue weighted by atomic mass is 10.1. The third kappa shape index (κ3) is 4.32. The van der Waals surface area contributed by atoms with Crippen molar-refractivity contribution in [3.8, 4) is 0 Å². The first-order valence-electron chi connectivity index (χ1n) is 7.13. The van der Waals surface area contributed by atoms with E-state index >= 15 is 0 Å². The third-order valence-corrected chi connectivity index (χ3v) is 4.20.